The molecule has 0 aliphatic rings. The van der Waals surface area contributed by atoms with Gasteiger partial charge in [-0.2, -0.15) is 0 Å². The summed E-state index contributed by atoms with van der Waals surface area (Å²) in [5.74, 6) is 1.69. The van der Waals surface area contributed by atoms with Crippen LogP contribution in [0.4, 0.5) is 0 Å². The number of hydrogen-bond acceptors (Lipinski definition) is 6. The topological polar surface area (TPSA) is 78.3 Å². The fourth-order valence-electron chi connectivity index (χ4n) is 3.23. The molecule has 0 saturated carbocycles. The third-order valence-electron chi connectivity index (χ3n) is 5.01. The van der Waals surface area contributed by atoms with Gasteiger partial charge in [-0.3, -0.25) is 9.36 Å². The van der Waals surface area contributed by atoms with Crippen molar-refractivity contribution < 1.29 is 14.3 Å². The first kappa shape index (κ1) is 24.8. The Bertz CT molecular complexity index is 1040. The molecule has 0 unspecified atom stereocenters. The van der Waals surface area contributed by atoms with Gasteiger partial charge < -0.3 is 14.8 Å². The lowest BCUT2D eigenvalue weighted by Crippen LogP contribution is -2.28. The summed E-state index contributed by atoms with van der Waals surface area (Å²) in [6, 6.07) is 16.2. The fourth-order valence-corrected chi connectivity index (χ4v) is 4.02. The summed E-state index contributed by atoms with van der Waals surface area (Å²) in [5, 5.41) is 12.4. The molecule has 1 aromatic heterocycles. The van der Waals surface area contributed by atoms with Crippen LogP contribution in [0.15, 0.2) is 53.7 Å². The predicted octanol–water partition coefficient (Wildman–Crippen LogP) is 4.49. The SMILES string of the molecule is CCOc1ccc(-n2c(SCC(=O)NCCOC)nnc2-c2ccc(C(C)(C)C)cc2)cc1. The third-order valence-corrected chi connectivity index (χ3v) is 5.94. The van der Waals surface area contributed by atoms with Crippen molar-refractivity contribution in [3.63, 3.8) is 0 Å². The summed E-state index contributed by atoms with van der Waals surface area (Å²) in [6.45, 7) is 10.1. The second kappa shape index (κ2) is 11.3. The number of benzene rings is 2. The summed E-state index contributed by atoms with van der Waals surface area (Å²) >= 11 is 1.35. The van der Waals surface area contributed by atoms with E-state index in [0.29, 0.717) is 24.9 Å². The van der Waals surface area contributed by atoms with Gasteiger partial charge >= 0.3 is 0 Å². The van der Waals surface area contributed by atoms with E-state index < -0.39 is 0 Å². The Morgan fingerprint density at radius 1 is 1.06 bits per heavy atom. The van der Waals surface area contributed by atoms with Crippen molar-refractivity contribution in [3.05, 3.63) is 54.1 Å². The van der Waals surface area contributed by atoms with Gasteiger partial charge in [0.25, 0.3) is 0 Å². The van der Waals surface area contributed by atoms with Crippen molar-refractivity contribution in [2.24, 2.45) is 0 Å². The van der Waals surface area contributed by atoms with Gasteiger partial charge in [0.1, 0.15) is 5.75 Å². The van der Waals surface area contributed by atoms with Crippen molar-refractivity contribution in [2.75, 3.05) is 32.6 Å². The summed E-state index contributed by atoms with van der Waals surface area (Å²) in [6.07, 6.45) is 0. The number of thioether (sulfide) groups is 1. The minimum atomic E-state index is -0.0747. The molecule has 0 saturated heterocycles. The first-order valence-electron chi connectivity index (χ1n) is 11.0. The number of ether oxygens (including phenoxy) is 2. The maximum Gasteiger partial charge on any atom is 0.230 e. The smallest absolute Gasteiger partial charge is 0.230 e. The molecule has 1 heterocycles. The van der Waals surface area contributed by atoms with Crippen molar-refractivity contribution in [1.82, 2.24) is 20.1 Å². The summed E-state index contributed by atoms with van der Waals surface area (Å²) in [5.41, 5.74) is 3.18. The molecule has 2 aromatic carbocycles. The van der Waals surface area contributed by atoms with Gasteiger partial charge in [0.05, 0.1) is 19.0 Å². The summed E-state index contributed by atoms with van der Waals surface area (Å²) < 4.78 is 12.5. The minimum absolute atomic E-state index is 0.0680. The Morgan fingerprint density at radius 3 is 2.36 bits per heavy atom. The largest absolute Gasteiger partial charge is 0.494 e. The highest BCUT2D eigenvalue weighted by atomic mass is 32.2. The van der Waals surface area contributed by atoms with Crippen LogP contribution in [0.2, 0.25) is 0 Å². The highest BCUT2D eigenvalue weighted by molar-refractivity contribution is 7.99. The van der Waals surface area contributed by atoms with E-state index in [4.69, 9.17) is 9.47 Å². The van der Waals surface area contributed by atoms with Gasteiger partial charge in [0.15, 0.2) is 11.0 Å². The van der Waals surface area contributed by atoms with E-state index in [9.17, 15) is 4.79 Å². The Balaban J connectivity index is 1.92. The molecule has 0 atom stereocenters. The predicted molar refractivity (Wildman–Crippen MR) is 132 cm³/mol. The number of aromatic nitrogens is 3. The fraction of sp³-hybridized carbons (Fsp3) is 0.400. The number of amides is 1. The number of rotatable bonds is 10. The molecule has 0 aliphatic heterocycles. The molecule has 1 N–H and O–H groups in total. The number of hydrogen-bond donors (Lipinski definition) is 1. The van der Waals surface area contributed by atoms with Crippen molar-refractivity contribution in [2.45, 2.75) is 38.3 Å². The highest BCUT2D eigenvalue weighted by Gasteiger charge is 2.19. The average molecular weight is 469 g/mol. The van der Waals surface area contributed by atoms with Crippen LogP contribution in [-0.2, 0) is 14.9 Å². The number of carbonyl (C=O) groups is 1. The third kappa shape index (κ3) is 6.58. The monoisotopic (exact) mass is 468 g/mol. The first-order valence-corrected chi connectivity index (χ1v) is 12.0. The van der Waals surface area contributed by atoms with E-state index in [1.54, 1.807) is 7.11 Å². The van der Waals surface area contributed by atoms with Crippen LogP contribution in [-0.4, -0.2) is 53.3 Å². The molecule has 0 fully saturated rings. The van der Waals surface area contributed by atoms with Crippen molar-refractivity contribution in [3.8, 4) is 22.8 Å². The van der Waals surface area contributed by atoms with E-state index in [1.165, 1.54) is 17.3 Å². The Labute approximate surface area is 199 Å². The molecule has 8 heteroatoms. The van der Waals surface area contributed by atoms with Crippen LogP contribution in [0, 0.1) is 0 Å². The van der Waals surface area contributed by atoms with Crippen molar-refractivity contribution >= 4 is 17.7 Å². The van der Waals surface area contributed by atoms with E-state index >= 15 is 0 Å². The lowest BCUT2D eigenvalue weighted by Gasteiger charge is -2.19. The Kier molecular flexibility index (Phi) is 8.52. The standard InChI is InChI=1S/C25H32N4O3S/c1-6-32-21-13-11-20(12-14-21)29-23(18-7-9-19(10-8-18)25(2,3)4)27-28-24(29)33-17-22(30)26-15-16-31-5/h7-14H,6,15-17H2,1-5H3,(H,26,30). The number of carbonyl (C=O) groups excluding carboxylic acids is 1. The Hall–Kier alpha value is -2.84. The Morgan fingerprint density at radius 2 is 1.76 bits per heavy atom. The van der Waals surface area contributed by atoms with Gasteiger partial charge in [-0.15, -0.1) is 10.2 Å². The van der Waals surface area contributed by atoms with Gasteiger partial charge in [0.2, 0.25) is 5.91 Å². The van der Waals surface area contributed by atoms with E-state index in [-0.39, 0.29) is 17.1 Å². The summed E-state index contributed by atoms with van der Waals surface area (Å²) in [7, 11) is 1.61. The zero-order valence-electron chi connectivity index (χ0n) is 19.9. The average Bonchev–Trinajstić information content (AvgIpc) is 3.22. The molecular formula is C25H32N4O3S. The van der Waals surface area contributed by atoms with Crippen LogP contribution in [0.5, 0.6) is 5.75 Å². The second-order valence-corrected chi connectivity index (χ2v) is 9.47. The molecule has 3 aromatic rings. The zero-order chi connectivity index (χ0) is 23.8. The van der Waals surface area contributed by atoms with Crippen molar-refractivity contribution in [1.29, 1.82) is 0 Å². The number of nitrogens with zero attached hydrogens (tertiary/aromatic N) is 3. The quantitative estimate of drug-likeness (QED) is 0.349. The van der Waals surface area contributed by atoms with E-state index in [2.05, 4.69) is 60.6 Å². The second-order valence-electron chi connectivity index (χ2n) is 8.53. The lowest BCUT2D eigenvalue weighted by molar-refractivity contribution is -0.118. The highest BCUT2D eigenvalue weighted by Crippen LogP contribution is 2.30. The molecule has 3 rings (SSSR count). The molecule has 0 spiro atoms. The lowest BCUT2D eigenvalue weighted by atomic mass is 9.87. The van der Waals surface area contributed by atoms with Gasteiger partial charge in [-0.1, -0.05) is 56.8 Å². The maximum atomic E-state index is 12.2. The van der Waals surface area contributed by atoms with Crippen LogP contribution >= 0.6 is 11.8 Å². The van der Waals surface area contributed by atoms with Crippen LogP contribution in [0.1, 0.15) is 33.3 Å². The normalized spacial score (nSPS) is 11.4. The molecular weight excluding hydrogens is 436 g/mol. The molecule has 0 aliphatic carbocycles. The zero-order valence-corrected chi connectivity index (χ0v) is 20.7. The molecule has 33 heavy (non-hydrogen) atoms. The molecule has 0 radical (unpaired) electrons. The molecule has 176 valence electrons. The molecule has 1 amide bonds. The molecule has 7 nitrogen and oxygen atoms in total. The van der Waals surface area contributed by atoms with E-state index in [0.717, 1.165) is 22.8 Å². The minimum Gasteiger partial charge on any atom is -0.494 e. The van der Waals surface area contributed by atoms with Gasteiger partial charge in [-0.25, -0.2) is 0 Å². The van der Waals surface area contributed by atoms with Crippen LogP contribution in [0.25, 0.3) is 17.1 Å². The molecule has 0 bridgehead atoms. The summed E-state index contributed by atoms with van der Waals surface area (Å²) in [4.78, 5) is 12.2. The van der Waals surface area contributed by atoms with E-state index in [1.807, 2.05) is 35.8 Å². The van der Waals surface area contributed by atoms with Gasteiger partial charge in [0, 0.05) is 24.9 Å². The first-order chi connectivity index (χ1) is 15.8. The number of nitrogens with one attached hydrogen (secondary N) is 1. The van der Waals surface area contributed by atoms with Gasteiger partial charge in [-0.05, 0) is 42.2 Å². The van der Waals surface area contributed by atoms with Crippen LogP contribution in [0.3, 0.4) is 0 Å². The number of methoxy groups -OCH3 is 1. The maximum absolute atomic E-state index is 12.2. The van der Waals surface area contributed by atoms with Crippen LogP contribution < -0.4 is 10.1 Å².